The Kier molecular flexibility index (Phi) is 6.28. The Hall–Kier alpha value is -2.90. The lowest BCUT2D eigenvalue weighted by atomic mass is 10.1. The number of aryl methyl sites for hydroxylation is 2. The average molecular weight is 385 g/mol. The van der Waals surface area contributed by atoms with Crippen LogP contribution in [-0.4, -0.2) is 32.2 Å². The molecule has 2 N–H and O–H groups in total. The van der Waals surface area contributed by atoms with Gasteiger partial charge in [0.05, 0.1) is 0 Å². The van der Waals surface area contributed by atoms with Crippen LogP contribution in [0.3, 0.4) is 0 Å². The topological polar surface area (TPSA) is 98.0 Å². The molecule has 150 valence electrons. The van der Waals surface area contributed by atoms with Gasteiger partial charge >= 0.3 is 5.69 Å². The fraction of sp³-hybridized carbons (Fsp3) is 0.500. The number of anilines is 1. The Morgan fingerprint density at radius 3 is 2.89 bits per heavy atom. The average Bonchev–Trinajstić information content (AvgIpc) is 2.83. The van der Waals surface area contributed by atoms with Crippen molar-refractivity contribution in [3.8, 4) is 0 Å². The predicted octanol–water partition coefficient (Wildman–Crippen LogP) is 1.85. The van der Waals surface area contributed by atoms with Gasteiger partial charge in [-0.25, -0.2) is 9.48 Å². The monoisotopic (exact) mass is 385 g/mol. The minimum atomic E-state index is -0.179. The summed E-state index contributed by atoms with van der Waals surface area (Å²) >= 11 is 0. The van der Waals surface area contributed by atoms with Gasteiger partial charge in [-0.1, -0.05) is 19.4 Å². The highest BCUT2D eigenvalue weighted by Gasteiger charge is 2.21. The highest BCUT2D eigenvalue weighted by atomic mass is 16.2. The third-order valence-corrected chi connectivity index (χ3v) is 5.00. The van der Waals surface area contributed by atoms with Crippen molar-refractivity contribution in [1.29, 1.82) is 0 Å². The largest absolute Gasteiger partial charge is 0.349 e. The van der Waals surface area contributed by atoms with Crippen molar-refractivity contribution in [2.24, 2.45) is 7.05 Å². The van der Waals surface area contributed by atoms with Crippen LogP contribution >= 0.6 is 0 Å². The summed E-state index contributed by atoms with van der Waals surface area (Å²) in [5.74, 6) is 0.544. The normalized spacial score (nSPS) is 16.1. The van der Waals surface area contributed by atoms with E-state index in [4.69, 9.17) is 0 Å². The summed E-state index contributed by atoms with van der Waals surface area (Å²) in [4.78, 5) is 36.6. The van der Waals surface area contributed by atoms with E-state index >= 15 is 0 Å². The predicted molar refractivity (Wildman–Crippen MR) is 106 cm³/mol. The van der Waals surface area contributed by atoms with Crippen molar-refractivity contribution < 1.29 is 9.59 Å². The van der Waals surface area contributed by atoms with E-state index in [0.29, 0.717) is 37.1 Å². The van der Waals surface area contributed by atoms with E-state index in [1.54, 1.807) is 35.9 Å². The summed E-state index contributed by atoms with van der Waals surface area (Å²) in [5, 5.41) is 10.1. The van der Waals surface area contributed by atoms with Crippen LogP contribution in [0.25, 0.3) is 0 Å². The molecule has 2 heterocycles. The number of hydrogen-bond donors (Lipinski definition) is 2. The summed E-state index contributed by atoms with van der Waals surface area (Å²) in [6, 6.07) is 6.94. The Morgan fingerprint density at radius 2 is 2.11 bits per heavy atom. The summed E-state index contributed by atoms with van der Waals surface area (Å²) in [6.45, 7) is 2.58. The molecule has 2 aromatic rings. The lowest BCUT2D eigenvalue weighted by Crippen LogP contribution is -2.35. The van der Waals surface area contributed by atoms with Crippen LogP contribution in [0.2, 0.25) is 0 Å². The first kappa shape index (κ1) is 19.9. The molecule has 8 heteroatoms. The van der Waals surface area contributed by atoms with Crippen molar-refractivity contribution in [2.75, 3.05) is 5.32 Å². The number of aromatic nitrogens is 3. The maximum Gasteiger partial charge on any atom is 0.345 e. The Bertz CT molecular complexity index is 915. The standard InChI is InChI=1S/C20H27N5O3/c1-3-4-8-18(26)21-16-7-5-6-14(13-16)19(27)22-15-9-10-17-23-24(2)20(28)25(17)12-11-15/h5-7,13,15H,3-4,8-12H2,1-2H3,(H,21,26)(H,22,27). The van der Waals surface area contributed by atoms with Gasteiger partial charge in [0.15, 0.2) is 0 Å². The van der Waals surface area contributed by atoms with Crippen molar-refractivity contribution in [3.05, 3.63) is 46.1 Å². The van der Waals surface area contributed by atoms with Gasteiger partial charge in [-0.05, 0) is 37.5 Å². The molecule has 28 heavy (non-hydrogen) atoms. The second-order valence-electron chi connectivity index (χ2n) is 7.20. The summed E-state index contributed by atoms with van der Waals surface area (Å²) in [5.41, 5.74) is 1.01. The molecule has 0 fully saturated rings. The van der Waals surface area contributed by atoms with Crippen LogP contribution in [0, 0.1) is 0 Å². The molecule has 2 amide bonds. The number of nitrogens with one attached hydrogen (secondary N) is 2. The van der Waals surface area contributed by atoms with Gasteiger partial charge in [0, 0.05) is 43.7 Å². The number of nitrogens with zero attached hydrogens (tertiary/aromatic N) is 3. The van der Waals surface area contributed by atoms with E-state index < -0.39 is 0 Å². The van der Waals surface area contributed by atoms with Crippen LogP contribution in [0.5, 0.6) is 0 Å². The molecule has 1 aromatic heterocycles. The van der Waals surface area contributed by atoms with Crippen LogP contribution in [0.4, 0.5) is 5.69 Å². The molecule has 0 radical (unpaired) electrons. The molecule has 1 aromatic carbocycles. The zero-order valence-electron chi connectivity index (χ0n) is 16.4. The first-order valence-corrected chi connectivity index (χ1v) is 9.81. The number of hydrogen-bond acceptors (Lipinski definition) is 4. The molecule has 3 rings (SSSR count). The molecule has 8 nitrogen and oxygen atoms in total. The molecular weight excluding hydrogens is 358 g/mol. The van der Waals surface area contributed by atoms with Crippen molar-refractivity contribution in [3.63, 3.8) is 0 Å². The van der Waals surface area contributed by atoms with Crippen LogP contribution < -0.4 is 16.3 Å². The van der Waals surface area contributed by atoms with Gasteiger partial charge < -0.3 is 10.6 Å². The van der Waals surface area contributed by atoms with Gasteiger partial charge in [-0.15, -0.1) is 0 Å². The number of fused-ring (bicyclic) bond motifs is 1. The minimum absolute atomic E-state index is 0.0262. The molecule has 1 unspecified atom stereocenters. The number of carbonyl (C=O) groups is 2. The van der Waals surface area contributed by atoms with Gasteiger partial charge in [0.25, 0.3) is 5.91 Å². The Labute approximate surface area is 163 Å². The first-order chi connectivity index (χ1) is 13.5. The number of unbranched alkanes of at least 4 members (excludes halogenated alkanes) is 1. The summed E-state index contributed by atoms with van der Waals surface area (Å²) in [6.07, 6.45) is 4.34. The molecule has 0 aliphatic carbocycles. The molecule has 1 aliphatic rings. The van der Waals surface area contributed by atoms with Gasteiger partial charge in [0.2, 0.25) is 5.91 Å². The minimum Gasteiger partial charge on any atom is -0.349 e. The zero-order valence-corrected chi connectivity index (χ0v) is 16.4. The maximum atomic E-state index is 12.7. The van der Waals surface area contributed by atoms with Crippen LogP contribution in [-0.2, 0) is 24.8 Å². The van der Waals surface area contributed by atoms with Crippen LogP contribution in [0.15, 0.2) is 29.1 Å². The van der Waals surface area contributed by atoms with Gasteiger partial charge in [-0.3, -0.25) is 14.2 Å². The maximum absolute atomic E-state index is 12.7. The van der Waals surface area contributed by atoms with Gasteiger partial charge in [0.1, 0.15) is 5.82 Å². The number of amides is 2. The summed E-state index contributed by atoms with van der Waals surface area (Å²) < 4.78 is 3.03. The van der Waals surface area contributed by atoms with E-state index in [-0.39, 0.29) is 23.5 Å². The fourth-order valence-electron chi connectivity index (χ4n) is 3.41. The van der Waals surface area contributed by atoms with Crippen molar-refractivity contribution in [1.82, 2.24) is 19.7 Å². The smallest absolute Gasteiger partial charge is 0.345 e. The molecule has 0 saturated heterocycles. The Morgan fingerprint density at radius 1 is 1.29 bits per heavy atom. The quantitative estimate of drug-likeness (QED) is 0.793. The van der Waals surface area contributed by atoms with Crippen LogP contribution in [0.1, 0.15) is 55.2 Å². The first-order valence-electron chi connectivity index (χ1n) is 9.81. The third-order valence-electron chi connectivity index (χ3n) is 5.00. The highest BCUT2D eigenvalue weighted by Crippen LogP contribution is 2.15. The zero-order chi connectivity index (χ0) is 20.1. The van der Waals surface area contributed by atoms with Crippen molar-refractivity contribution in [2.45, 2.75) is 58.0 Å². The number of rotatable bonds is 6. The highest BCUT2D eigenvalue weighted by molar-refractivity contribution is 5.97. The van der Waals surface area contributed by atoms with E-state index in [0.717, 1.165) is 25.1 Å². The van der Waals surface area contributed by atoms with E-state index in [1.165, 1.54) is 4.68 Å². The molecular formula is C20H27N5O3. The number of benzene rings is 1. The SMILES string of the molecule is CCCCC(=O)Nc1cccc(C(=O)NC2CCc3nn(C)c(=O)n3CC2)c1. The second-order valence-corrected chi connectivity index (χ2v) is 7.20. The van der Waals surface area contributed by atoms with E-state index in [9.17, 15) is 14.4 Å². The lowest BCUT2D eigenvalue weighted by molar-refractivity contribution is -0.116. The molecule has 0 saturated carbocycles. The second kappa shape index (κ2) is 8.86. The van der Waals surface area contributed by atoms with E-state index in [2.05, 4.69) is 15.7 Å². The van der Waals surface area contributed by atoms with Crippen molar-refractivity contribution >= 4 is 17.5 Å². The van der Waals surface area contributed by atoms with E-state index in [1.807, 2.05) is 6.92 Å². The molecule has 1 atom stereocenters. The fourth-order valence-corrected chi connectivity index (χ4v) is 3.41. The number of carbonyl (C=O) groups excluding carboxylic acids is 2. The third kappa shape index (κ3) is 4.68. The van der Waals surface area contributed by atoms with Gasteiger partial charge in [-0.2, -0.15) is 5.10 Å². The summed E-state index contributed by atoms with van der Waals surface area (Å²) in [7, 11) is 1.65. The Balaban J connectivity index is 1.60. The molecule has 0 spiro atoms. The molecule has 1 aliphatic heterocycles. The lowest BCUT2D eigenvalue weighted by Gasteiger charge is -2.16. The molecule has 0 bridgehead atoms.